The van der Waals surface area contributed by atoms with Gasteiger partial charge in [0.2, 0.25) is 0 Å². The molecular formula is C17H21N3O2. The summed E-state index contributed by atoms with van der Waals surface area (Å²) in [5, 5.41) is 6.10. The molecule has 0 aliphatic rings. The Kier molecular flexibility index (Phi) is 5.25. The number of nitrogens with one attached hydrogen (secondary N) is 2. The highest BCUT2D eigenvalue weighted by Gasteiger charge is 2.12. The van der Waals surface area contributed by atoms with E-state index in [1.165, 1.54) is 0 Å². The second kappa shape index (κ2) is 7.36. The predicted molar refractivity (Wildman–Crippen MR) is 89.8 cm³/mol. The van der Waals surface area contributed by atoms with Crippen LogP contribution in [0.25, 0.3) is 0 Å². The molecule has 0 saturated carbocycles. The normalized spacial score (nSPS) is 10.1. The van der Waals surface area contributed by atoms with Crippen LogP contribution in [0.3, 0.4) is 0 Å². The fraction of sp³-hybridized carbons (Fsp3) is 0.235. The molecule has 4 N–H and O–H groups in total. The Morgan fingerprint density at radius 1 is 1.23 bits per heavy atom. The first-order valence-corrected chi connectivity index (χ1v) is 7.23. The van der Waals surface area contributed by atoms with Crippen LogP contribution in [0.2, 0.25) is 0 Å². The number of carbonyl (C=O) groups excluding carboxylic acids is 1. The molecule has 5 heteroatoms. The van der Waals surface area contributed by atoms with Gasteiger partial charge < -0.3 is 21.1 Å². The van der Waals surface area contributed by atoms with E-state index in [1.54, 1.807) is 25.3 Å². The van der Waals surface area contributed by atoms with E-state index in [4.69, 9.17) is 10.5 Å². The smallest absolute Gasteiger partial charge is 0.253 e. The summed E-state index contributed by atoms with van der Waals surface area (Å²) in [4.78, 5) is 12.3. The summed E-state index contributed by atoms with van der Waals surface area (Å²) in [5.74, 6) is 0.608. The Hall–Kier alpha value is -2.69. The first-order chi connectivity index (χ1) is 10.6. The van der Waals surface area contributed by atoms with Gasteiger partial charge in [-0.25, -0.2) is 0 Å². The van der Waals surface area contributed by atoms with Gasteiger partial charge >= 0.3 is 0 Å². The van der Waals surface area contributed by atoms with Crippen molar-refractivity contribution in [1.82, 2.24) is 5.32 Å². The van der Waals surface area contributed by atoms with E-state index in [9.17, 15) is 4.79 Å². The fourth-order valence-electron chi connectivity index (χ4n) is 2.05. The highest BCUT2D eigenvalue weighted by Crippen LogP contribution is 2.25. The third-order valence-electron chi connectivity index (χ3n) is 3.17. The molecule has 1 amide bonds. The van der Waals surface area contributed by atoms with Crippen molar-refractivity contribution in [2.75, 3.05) is 24.7 Å². The van der Waals surface area contributed by atoms with Crippen LogP contribution in [0.15, 0.2) is 42.5 Å². The summed E-state index contributed by atoms with van der Waals surface area (Å²) in [5.41, 5.74) is 8.43. The summed E-state index contributed by atoms with van der Waals surface area (Å²) in [6, 6.07) is 12.8. The lowest BCUT2D eigenvalue weighted by Crippen LogP contribution is -2.24. The molecule has 0 radical (unpaired) electrons. The molecule has 0 saturated heterocycles. The highest BCUT2D eigenvalue weighted by molar-refractivity contribution is 6.01. The third-order valence-corrected chi connectivity index (χ3v) is 3.17. The molecule has 0 aromatic heterocycles. The van der Waals surface area contributed by atoms with Crippen LogP contribution in [0.1, 0.15) is 23.7 Å². The average molecular weight is 299 g/mol. The maximum Gasteiger partial charge on any atom is 0.253 e. The lowest BCUT2D eigenvalue weighted by Gasteiger charge is -2.13. The fourth-order valence-corrected chi connectivity index (χ4v) is 2.05. The van der Waals surface area contributed by atoms with Gasteiger partial charge in [-0.1, -0.05) is 13.0 Å². The molecule has 5 nitrogen and oxygen atoms in total. The van der Waals surface area contributed by atoms with E-state index in [1.807, 2.05) is 31.2 Å². The molecule has 116 valence electrons. The number of hydrogen-bond acceptors (Lipinski definition) is 4. The van der Waals surface area contributed by atoms with Crippen LogP contribution in [0, 0.1) is 0 Å². The van der Waals surface area contributed by atoms with Crippen LogP contribution in [0.5, 0.6) is 5.75 Å². The second-order valence-electron chi connectivity index (χ2n) is 4.92. The SMILES string of the molecule is CCCNC(=O)c1cc(N)ccc1Nc1cccc(OC)c1. The Bertz CT molecular complexity index is 656. The molecule has 0 unspecified atom stereocenters. The molecule has 0 aliphatic heterocycles. The van der Waals surface area contributed by atoms with Crippen LogP contribution in [-0.4, -0.2) is 19.6 Å². The minimum Gasteiger partial charge on any atom is -0.497 e. The average Bonchev–Trinajstić information content (AvgIpc) is 2.54. The number of methoxy groups -OCH3 is 1. The van der Waals surface area contributed by atoms with Gasteiger partial charge in [-0.2, -0.15) is 0 Å². The Labute approximate surface area is 130 Å². The van der Waals surface area contributed by atoms with Gasteiger partial charge in [0.1, 0.15) is 5.75 Å². The number of amides is 1. The molecule has 0 bridgehead atoms. The predicted octanol–water partition coefficient (Wildman–Crippen LogP) is 3.16. The zero-order valence-electron chi connectivity index (χ0n) is 12.8. The van der Waals surface area contributed by atoms with Crippen molar-refractivity contribution >= 4 is 23.0 Å². The molecule has 2 aromatic rings. The standard InChI is InChI=1S/C17H21N3O2/c1-3-9-19-17(21)15-10-12(18)7-8-16(15)20-13-5-4-6-14(11-13)22-2/h4-8,10-11,20H,3,9,18H2,1-2H3,(H,19,21). The Balaban J connectivity index is 2.27. The number of benzene rings is 2. The summed E-state index contributed by atoms with van der Waals surface area (Å²) < 4.78 is 5.20. The minimum atomic E-state index is -0.139. The van der Waals surface area contributed by atoms with E-state index < -0.39 is 0 Å². The summed E-state index contributed by atoms with van der Waals surface area (Å²) >= 11 is 0. The summed E-state index contributed by atoms with van der Waals surface area (Å²) in [7, 11) is 1.62. The van der Waals surface area contributed by atoms with Crippen molar-refractivity contribution < 1.29 is 9.53 Å². The number of anilines is 3. The number of rotatable bonds is 6. The largest absolute Gasteiger partial charge is 0.497 e. The molecular weight excluding hydrogens is 278 g/mol. The number of nitrogen functional groups attached to an aromatic ring is 1. The van der Waals surface area contributed by atoms with Crippen molar-refractivity contribution in [1.29, 1.82) is 0 Å². The Morgan fingerprint density at radius 3 is 2.77 bits per heavy atom. The third kappa shape index (κ3) is 3.91. The molecule has 0 atom stereocenters. The van der Waals surface area contributed by atoms with Gasteiger partial charge in [0.05, 0.1) is 18.4 Å². The molecule has 22 heavy (non-hydrogen) atoms. The van der Waals surface area contributed by atoms with E-state index in [0.29, 0.717) is 23.5 Å². The second-order valence-corrected chi connectivity index (χ2v) is 4.92. The minimum absolute atomic E-state index is 0.139. The molecule has 0 heterocycles. The van der Waals surface area contributed by atoms with E-state index in [0.717, 1.165) is 17.9 Å². The first-order valence-electron chi connectivity index (χ1n) is 7.23. The number of carbonyl (C=O) groups is 1. The molecule has 2 rings (SSSR count). The van der Waals surface area contributed by atoms with E-state index >= 15 is 0 Å². The van der Waals surface area contributed by atoms with E-state index in [-0.39, 0.29) is 5.91 Å². The van der Waals surface area contributed by atoms with Gasteiger partial charge in [0, 0.05) is 24.0 Å². The molecule has 2 aromatic carbocycles. The van der Waals surface area contributed by atoms with Crippen molar-refractivity contribution in [2.45, 2.75) is 13.3 Å². The van der Waals surface area contributed by atoms with Crippen molar-refractivity contribution in [2.24, 2.45) is 0 Å². The maximum absolute atomic E-state index is 12.3. The number of nitrogens with two attached hydrogens (primary N) is 1. The summed E-state index contributed by atoms with van der Waals surface area (Å²) in [6.07, 6.45) is 0.882. The maximum atomic E-state index is 12.3. The van der Waals surface area contributed by atoms with Gasteiger partial charge in [-0.3, -0.25) is 4.79 Å². The van der Waals surface area contributed by atoms with E-state index in [2.05, 4.69) is 10.6 Å². The van der Waals surface area contributed by atoms with Crippen molar-refractivity contribution in [3.05, 3.63) is 48.0 Å². The lowest BCUT2D eigenvalue weighted by molar-refractivity contribution is 0.0954. The topological polar surface area (TPSA) is 76.4 Å². The van der Waals surface area contributed by atoms with Gasteiger partial charge in [0.25, 0.3) is 5.91 Å². The number of hydrogen-bond donors (Lipinski definition) is 3. The van der Waals surface area contributed by atoms with Crippen LogP contribution < -0.4 is 21.1 Å². The van der Waals surface area contributed by atoms with Crippen molar-refractivity contribution in [3.8, 4) is 5.75 Å². The van der Waals surface area contributed by atoms with Gasteiger partial charge in [0.15, 0.2) is 0 Å². The van der Waals surface area contributed by atoms with Crippen LogP contribution >= 0.6 is 0 Å². The molecule has 0 fully saturated rings. The number of ether oxygens (including phenoxy) is 1. The van der Waals surface area contributed by atoms with Crippen LogP contribution in [0.4, 0.5) is 17.1 Å². The van der Waals surface area contributed by atoms with Gasteiger partial charge in [-0.15, -0.1) is 0 Å². The zero-order valence-corrected chi connectivity index (χ0v) is 12.8. The highest BCUT2D eigenvalue weighted by atomic mass is 16.5. The monoisotopic (exact) mass is 299 g/mol. The van der Waals surface area contributed by atoms with Gasteiger partial charge in [-0.05, 0) is 36.8 Å². The molecule has 0 spiro atoms. The Morgan fingerprint density at radius 2 is 2.05 bits per heavy atom. The molecule has 0 aliphatic carbocycles. The lowest BCUT2D eigenvalue weighted by atomic mass is 10.1. The zero-order chi connectivity index (χ0) is 15.9. The van der Waals surface area contributed by atoms with Crippen molar-refractivity contribution in [3.63, 3.8) is 0 Å². The quantitative estimate of drug-likeness (QED) is 0.716. The summed E-state index contributed by atoms with van der Waals surface area (Å²) in [6.45, 7) is 2.64. The van der Waals surface area contributed by atoms with Crippen LogP contribution in [-0.2, 0) is 0 Å². The first kappa shape index (κ1) is 15.7.